The number of carbonyl (C=O) groups excluding carboxylic acids is 2. The smallest absolute Gasteiger partial charge is 0.309 e. The third-order valence-electron chi connectivity index (χ3n) is 5.50. The largest absolute Gasteiger partial charge is 0.493 e. The Kier molecular flexibility index (Phi) is 9.09. The van der Waals surface area contributed by atoms with Gasteiger partial charge in [-0.3, -0.25) is 9.59 Å². The number of nitrogens with zero attached hydrogens (tertiary/aromatic N) is 1. The number of sulfonamides is 2. The molecule has 37 heavy (non-hydrogen) atoms. The number of nitrogens with two attached hydrogens (primary N) is 1. The summed E-state index contributed by atoms with van der Waals surface area (Å²) in [6.45, 7) is 0.0473. The average molecular weight is 557 g/mol. The summed E-state index contributed by atoms with van der Waals surface area (Å²) in [6.07, 6.45) is -0.667. The van der Waals surface area contributed by atoms with Crippen LogP contribution in [0.2, 0.25) is 0 Å². The maximum Gasteiger partial charge on any atom is 0.309 e. The van der Waals surface area contributed by atoms with Crippen LogP contribution in [0.1, 0.15) is 5.56 Å². The number of nitrogens with one attached hydrogen (secondary N) is 2. The molecule has 4 N–H and O–H groups in total. The van der Waals surface area contributed by atoms with Crippen molar-refractivity contribution in [2.24, 2.45) is 5.14 Å². The average Bonchev–Trinajstić information content (AvgIpc) is 3.36. The predicted octanol–water partition coefficient (Wildman–Crippen LogP) is -0.827. The Labute approximate surface area is 215 Å². The topological polar surface area (TPSA) is 183 Å². The molecule has 1 atom stereocenters. The Morgan fingerprint density at radius 1 is 0.973 bits per heavy atom. The second-order valence-corrected chi connectivity index (χ2v) is 11.3. The molecule has 1 unspecified atom stereocenters. The summed E-state index contributed by atoms with van der Waals surface area (Å²) in [4.78, 5) is 24.3. The van der Waals surface area contributed by atoms with E-state index in [1.165, 1.54) is 44.6 Å². The van der Waals surface area contributed by atoms with E-state index < -0.39 is 38.1 Å². The zero-order chi connectivity index (χ0) is 27.2. The van der Waals surface area contributed by atoms with Crippen molar-refractivity contribution in [2.45, 2.75) is 22.4 Å². The number of hydrogen-bond donors (Lipinski definition) is 3. The number of amides is 2. The van der Waals surface area contributed by atoms with E-state index in [1.807, 2.05) is 0 Å². The molecule has 0 bridgehead atoms. The van der Waals surface area contributed by atoms with Crippen molar-refractivity contribution < 1.29 is 40.6 Å². The van der Waals surface area contributed by atoms with Crippen molar-refractivity contribution in [3.8, 4) is 11.5 Å². The van der Waals surface area contributed by atoms with Crippen LogP contribution in [0.15, 0.2) is 52.3 Å². The lowest BCUT2D eigenvalue weighted by molar-refractivity contribution is -0.139. The van der Waals surface area contributed by atoms with Crippen molar-refractivity contribution in [1.82, 2.24) is 14.9 Å². The fourth-order valence-corrected chi connectivity index (χ4v) is 5.60. The summed E-state index contributed by atoms with van der Waals surface area (Å²) in [7, 11) is -4.97. The van der Waals surface area contributed by atoms with Gasteiger partial charge in [0, 0.05) is 19.2 Å². The lowest BCUT2D eigenvalue weighted by atomic mass is 10.1. The molecule has 1 saturated heterocycles. The number of ether oxygens (including phenoxy) is 3. The second kappa shape index (κ2) is 11.9. The van der Waals surface area contributed by atoms with Crippen molar-refractivity contribution in [2.75, 3.05) is 40.5 Å². The third-order valence-corrected chi connectivity index (χ3v) is 8.31. The maximum atomic E-state index is 13.2. The standard InChI is InChI=1S/C22H28N4O9S2/c1-33-18-8-7-17(13-19(18)34-2)37(31,32)26-11-12-35-20(26)14-25-22(28)21(27)24-10-9-15-3-5-16(6-4-15)36(23,29)30/h3-8,13,20H,9-12,14H2,1-2H3,(H,24,27)(H,25,28)(H2,23,29,30). The Morgan fingerprint density at radius 2 is 1.59 bits per heavy atom. The van der Waals surface area contributed by atoms with Crippen LogP contribution < -0.4 is 25.2 Å². The van der Waals surface area contributed by atoms with Crippen molar-refractivity contribution in [1.29, 1.82) is 0 Å². The molecule has 202 valence electrons. The minimum atomic E-state index is -4.00. The van der Waals surface area contributed by atoms with Crippen LogP contribution in [0.3, 0.4) is 0 Å². The molecule has 2 amide bonds. The lowest BCUT2D eigenvalue weighted by Crippen LogP contribution is -2.47. The molecule has 2 aromatic rings. The van der Waals surface area contributed by atoms with Gasteiger partial charge in [-0.15, -0.1) is 0 Å². The van der Waals surface area contributed by atoms with Gasteiger partial charge < -0.3 is 24.8 Å². The fourth-order valence-electron chi connectivity index (χ4n) is 3.56. The maximum absolute atomic E-state index is 13.2. The van der Waals surface area contributed by atoms with E-state index >= 15 is 0 Å². The Morgan fingerprint density at radius 3 is 2.22 bits per heavy atom. The minimum Gasteiger partial charge on any atom is -0.493 e. The second-order valence-electron chi connectivity index (χ2n) is 7.86. The summed E-state index contributed by atoms with van der Waals surface area (Å²) in [5.41, 5.74) is 0.725. The summed E-state index contributed by atoms with van der Waals surface area (Å²) < 4.78 is 65.8. The highest BCUT2D eigenvalue weighted by molar-refractivity contribution is 7.89. The molecular weight excluding hydrogens is 528 g/mol. The SMILES string of the molecule is COc1ccc(S(=O)(=O)N2CCOC2CNC(=O)C(=O)NCCc2ccc(S(N)(=O)=O)cc2)cc1OC. The van der Waals surface area contributed by atoms with Crippen LogP contribution in [0.5, 0.6) is 11.5 Å². The van der Waals surface area contributed by atoms with E-state index in [-0.39, 0.29) is 41.8 Å². The van der Waals surface area contributed by atoms with E-state index in [1.54, 1.807) is 12.1 Å². The number of methoxy groups -OCH3 is 2. The van der Waals surface area contributed by atoms with E-state index in [0.717, 1.165) is 9.87 Å². The molecule has 1 aliphatic rings. The van der Waals surface area contributed by atoms with Crippen molar-refractivity contribution in [3.63, 3.8) is 0 Å². The molecule has 0 aromatic heterocycles. The van der Waals surface area contributed by atoms with Crippen LogP contribution in [-0.4, -0.2) is 79.6 Å². The summed E-state index contributed by atoms with van der Waals surface area (Å²) in [5.74, 6) is -1.25. The zero-order valence-electron chi connectivity index (χ0n) is 20.2. The Hall–Kier alpha value is -3.24. The molecule has 0 radical (unpaired) electrons. The van der Waals surface area contributed by atoms with Crippen molar-refractivity contribution >= 4 is 31.9 Å². The Bertz CT molecular complexity index is 1350. The van der Waals surface area contributed by atoms with E-state index in [2.05, 4.69) is 10.6 Å². The van der Waals surface area contributed by atoms with Gasteiger partial charge in [0.15, 0.2) is 11.5 Å². The van der Waals surface area contributed by atoms with E-state index in [4.69, 9.17) is 19.3 Å². The van der Waals surface area contributed by atoms with Gasteiger partial charge in [-0.2, -0.15) is 4.31 Å². The summed E-state index contributed by atoms with van der Waals surface area (Å²) in [5, 5.41) is 9.89. The van der Waals surface area contributed by atoms with Gasteiger partial charge in [-0.1, -0.05) is 12.1 Å². The number of rotatable bonds is 10. The van der Waals surface area contributed by atoms with E-state index in [0.29, 0.717) is 12.2 Å². The van der Waals surface area contributed by atoms with Gasteiger partial charge in [0.25, 0.3) is 0 Å². The number of hydrogen-bond acceptors (Lipinski definition) is 9. The van der Waals surface area contributed by atoms with Crippen LogP contribution in [0.4, 0.5) is 0 Å². The molecule has 1 heterocycles. The van der Waals surface area contributed by atoms with Gasteiger partial charge in [0.2, 0.25) is 20.0 Å². The van der Waals surface area contributed by atoms with Gasteiger partial charge in [0.05, 0.1) is 37.2 Å². The summed E-state index contributed by atoms with van der Waals surface area (Å²) in [6, 6.07) is 9.98. The molecule has 3 rings (SSSR count). The predicted molar refractivity (Wildman–Crippen MR) is 131 cm³/mol. The zero-order valence-corrected chi connectivity index (χ0v) is 21.8. The molecule has 1 fully saturated rings. The van der Waals surface area contributed by atoms with Crippen molar-refractivity contribution in [3.05, 3.63) is 48.0 Å². The normalized spacial score (nSPS) is 16.2. The highest BCUT2D eigenvalue weighted by atomic mass is 32.2. The molecule has 0 saturated carbocycles. The number of primary sulfonamides is 1. The highest BCUT2D eigenvalue weighted by Crippen LogP contribution is 2.31. The first-order valence-corrected chi connectivity index (χ1v) is 14.0. The first-order chi connectivity index (χ1) is 17.5. The molecule has 0 aliphatic carbocycles. The molecule has 2 aromatic carbocycles. The first-order valence-electron chi connectivity index (χ1n) is 11.0. The highest BCUT2D eigenvalue weighted by Gasteiger charge is 2.37. The van der Waals surface area contributed by atoms with Gasteiger partial charge in [-0.25, -0.2) is 22.0 Å². The monoisotopic (exact) mass is 556 g/mol. The minimum absolute atomic E-state index is 0.0315. The third kappa shape index (κ3) is 6.95. The molecule has 15 heteroatoms. The first kappa shape index (κ1) is 28.3. The fraction of sp³-hybridized carbons (Fsp3) is 0.364. The van der Waals surface area contributed by atoms with Crippen LogP contribution in [-0.2, 0) is 40.8 Å². The Balaban J connectivity index is 1.53. The molecular formula is C22H28N4O9S2. The molecule has 1 aliphatic heterocycles. The number of carbonyl (C=O) groups is 2. The number of benzene rings is 2. The van der Waals surface area contributed by atoms with E-state index in [9.17, 15) is 26.4 Å². The quantitative estimate of drug-likeness (QED) is 0.315. The van der Waals surface area contributed by atoms with Gasteiger partial charge >= 0.3 is 11.8 Å². The molecule has 0 spiro atoms. The van der Waals surface area contributed by atoms with Crippen LogP contribution >= 0.6 is 0 Å². The lowest BCUT2D eigenvalue weighted by Gasteiger charge is -2.23. The summed E-state index contributed by atoms with van der Waals surface area (Å²) >= 11 is 0. The van der Waals surface area contributed by atoms with Crippen LogP contribution in [0.25, 0.3) is 0 Å². The van der Waals surface area contributed by atoms with Gasteiger partial charge in [-0.05, 0) is 36.2 Å². The van der Waals surface area contributed by atoms with Crippen LogP contribution in [0, 0.1) is 0 Å². The molecule has 13 nitrogen and oxygen atoms in total. The van der Waals surface area contributed by atoms with Gasteiger partial charge in [0.1, 0.15) is 6.23 Å².